The monoisotopic (exact) mass is 422 g/mol. The molecule has 0 aliphatic carbocycles. The minimum atomic E-state index is -3.64. The summed E-state index contributed by atoms with van der Waals surface area (Å²) in [5.74, 6) is -0.127. The van der Waals surface area contributed by atoms with Crippen LogP contribution in [-0.2, 0) is 23.0 Å². The van der Waals surface area contributed by atoms with E-state index in [0.717, 1.165) is 31.5 Å². The van der Waals surface area contributed by atoms with Gasteiger partial charge in [0.05, 0.1) is 4.90 Å². The quantitative estimate of drug-likeness (QED) is 0.760. The molecule has 2 aliphatic heterocycles. The number of carbonyl (C=O) groups excluding carboxylic acids is 1. The zero-order valence-corrected chi connectivity index (χ0v) is 17.3. The van der Waals surface area contributed by atoms with Gasteiger partial charge < -0.3 is 4.90 Å². The van der Waals surface area contributed by atoms with Crippen molar-refractivity contribution in [3.05, 3.63) is 46.2 Å². The number of hydrogen-bond donors (Lipinski definition) is 0. The van der Waals surface area contributed by atoms with Gasteiger partial charge in [0, 0.05) is 43.4 Å². The lowest BCUT2D eigenvalue weighted by atomic mass is 10.1. The number of aromatic nitrogens is 2. The van der Waals surface area contributed by atoms with Crippen molar-refractivity contribution < 1.29 is 13.2 Å². The second kappa shape index (κ2) is 7.50. The first-order valence-electron chi connectivity index (χ1n) is 9.48. The Kier molecular flexibility index (Phi) is 5.20. The van der Waals surface area contributed by atoms with Crippen LogP contribution >= 0.6 is 11.6 Å². The van der Waals surface area contributed by atoms with Gasteiger partial charge in [0.2, 0.25) is 10.0 Å². The van der Waals surface area contributed by atoms with Crippen molar-refractivity contribution in [1.29, 1.82) is 0 Å². The predicted octanol–water partition coefficient (Wildman–Crippen LogP) is 2.33. The van der Waals surface area contributed by atoms with Gasteiger partial charge in [-0.1, -0.05) is 17.7 Å². The number of aryl methyl sites for hydroxylation is 3. The number of benzene rings is 1. The van der Waals surface area contributed by atoms with Gasteiger partial charge in [-0.25, -0.2) is 8.42 Å². The van der Waals surface area contributed by atoms with Gasteiger partial charge >= 0.3 is 0 Å². The van der Waals surface area contributed by atoms with Gasteiger partial charge in [-0.2, -0.15) is 9.40 Å². The number of hydrogen-bond acceptors (Lipinski definition) is 4. The van der Waals surface area contributed by atoms with Crippen LogP contribution in [0.1, 0.15) is 34.6 Å². The van der Waals surface area contributed by atoms with Crippen LogP contribution in [0.3, 0.4) is 0 Å². The van der Waals surface area contributed by atoms with E-state index in [-0.39, 0.29) is 23.9 Å². The van der Waals surface area contributed by atoms with Gasteiger partial charge in [0.25, 0.3) is 5.91 Å². The summed E-state index contributed by atoms with van der Waals surface area (Å²) < 4.78 is 29.3. The summed E-state index contributed by atoms with van der Waals surface area (Å²) >= 11 is 5.99. The number of nitrogens with zero attached hydrogens (tertiary/aromatic N) is 4. The van der Waals surface area contributed by atoms with E-state index in [1.54, 1.807) is 24.0 Å². The molecule has 0 radical (unpaired) electrons. The normalized spacial score (nSPS) is 18.1. The number of halogens is 1. The highest BCUT2D eigenvalue weighted by Crippen LogP contribution is 2.25. The summed E-state index contributed by atoms with van der Waals surface area (Å²) in [6.07, 6.45) is 3.16. The van der Waals surface area contributed by atoms with E-state index in [9.17, 15) is 13.2 Å². The summed E-state index contributed by atoms with van der Waals surface area (Å²) in [5.41, 5.74) is 2.22. The topological polar surface area (TPSA) is 75.5 Å². The van der Waals surface area contributed by atoms with Crippen LogP contribution < -0.4 is 0 Å². The Balaban J connectivity index is 1.46. The van der Waals surface area contributed by atoms with E-state index in [4.69, 9.17) is 11.6 Å². The highest BCUT2D eigenvalue weighted by Gasteiger charge is 2.32. The SMILES string of the molecule is Cc1ccc(Cl)cc1S(=O)(=O)N1CCN(C(=O)c2cc3n(n2)CCCC3)CC1. The van der Waals surface area contributed by atoms with Gasteiger partial charge in [0.1, 0.15) is 0 Å². The van der Waals surface area contributed by atoms with Crippen molar-refractivity contribution >= 4 is 27.5 Å². The average Bonchev–Trinajstić information content (AvgIpc) is 3.13. The molecule has 3 heterocycles. The Hall–Kier alpha value is -1.90. The molecule has 0 saturated carbocycles. The first-order chi connectivity index (χ1) is 13.4. The molecule has 0 atom stereocenters. The van der Waals surface area contributed by atoms with Crippen molar-refractivity contribution in [3.63, 3.8) is 0 Å². The molecule has 2 aromatic rings. The lowest BCUT2D eigenvalue weighted by molar-refractivity contribution is 0.0691. The number of rotatable bonds is 3. The summed E-state index contributed by atoms with van der Waals surface area (Å²) in [7, 11) is -3.64. The van der Waals surface area contributed by atoms with Gasteiger partial charge in [-0.3, -0.25) is 9.48 Å². The van der Waals surface area contributed by atoms with E-state index >= 15 is 0 Å². The molecular weight excluding hydrogens is 400 g/mol. The Bertz CT molecular complexity index is 987. The molecule has 2 aliphatic rings. The second-order valence-electron chi connectivity index (χ2n) is 7.31. The van der Waals surface area contributed by atoms with Crippen molar-refractivity contribution in [3.8, 4) is 0 Å². The van der Waals surface area contributed by atoms with E-state index in [2.05, 4.69) is 5.10 Å². The molecular formula is C19H23ClN4O3S. The maximum absolute atomic E-state index is 13.0. The minimum absolute atomic E-state index is 0.127. The third kappa shape index (κ3) is 3.56. The zero-order chi connectivity index (χ0) is 19.9. The van der Waals surface area contributed by atoms with E-state index in [0.29, 0.717) is 29.4 Å². The molecule has 0 bridgehead atoms. The second-order valence-corrected chi connectivity index (χ2v) is 9.65. The summed E-state index contributed by atoms with van der Waals surface area (Å²) in [4.78, 5) is 14.7. The molecule has 1 aromatic carbocycles. The summed E-state index contributed by atoms with van der Waals surface area (Å²) in [6.45, 7) is 3.82. The first-order valence-corrected chi connectivity index (χ1v) is 11.3. The Morgan fingerprint density at radius 2 is 1.82 bits per heavy atom. The summed E-state index contributed by atoms with van der Waals surface area (Å²) in [6, 6.07) is 6.74. The molecule has 7 nitrogen and oxygen atoms in total. The number of fused-ring (bicyclic) bond motifs is 1. The predicted molar refractivity (Wildman–Crippen MR) is 106 cm³/mol. The fourth-order valence-corrected chi connectivity index (χ4v) is 5.72. The molecule has 1 aromatic heterocycles. The first kappa shape index (κ1) is 19.4. The molecule has 1 saturated heterocycles. The molecule has 4 rings (SSSR count). The molecule has 0 unspecified atom stereocenters. The molecule has 28 heavy (non-hydrogen) atoms. The molecule has 1 fully saturated rings. The molecule has 1 amide bonds. The minimum Gasteiger partial charge on any atom is -0.335 e. The highest BCUT2D eigenvalue weighted by atomic mass is 35.5. The van der Waals surface area contributed by atoms with Crippen LogP contribution in [0.2, 0.25) is 5.02 Å². The van der Waals surface area contributed by atoms with E-state index in [1.165, 1.54) is 10.4 Å². The number of amides is 1. The largest absolute Gasteiger partial charge is 0.335 e. The van der Waals surface area contributed by atoms with Gasteiger partial charge in [0.15, 0.2) is 5.69 Å². The van der Waals surface area contributed by atoms with E-state index < -0.39 is 10.0 Å². The van der Waals surface area contributed by atoms with Crippen LogP contribution in [0.5, 0.6) is 0 Å². The standard InChI is InChI=1S/C19H23ClN4O3S/c1-14-5-6-15(20)12-18(14)28(26,27)23-10-8-22(9-11-23)19(25)17-13-16-4-2-3-7-24(16)21-17/h5-6,12-13H,2-4,7-11H2,1H3. The molecule has 150 valence electrons. The third-order valence-electron chi connectivity index (χ3n) is 5.43. The highest BCUT2D eigenvalue weighted by molar-refractivity contribution is 7.89. The lowest BCUT2D eigenvalue weighted by Gasteiger charge is -2.34. The van der Waals surface area contributed by atoms with Gasteiger partial charge in [-0.05, 0) is 49.9 Å². The Labute approximate surface area is 169 Å². The third-order valence-corrected chi connectivity index (χ3v) is 7.70. The lowest BCUT2D eigenvalue weighted by Crippen LogP contribution is -2.50. The molecule has 0 spiro atoms. The van der Waals surface area contributed by atoms with Crippen LogP contribution in [-0.4, -0.2) is 59.5 Å². The fraction of sp³-hybridized carbons (Fsp3) is 0.474. The van der Waals surface area contributed by atoms with Crippen molar-refractivity contribution in [2.24, 2.45) is 0 Å². The molecule has 9 heteroatoms. The Morgan fingerprint density at radius 3 is 2.54 bits per heavy atom. The van der Waals surface area contributed by atoms with Crippen molar-refractivity contribution in [1.82, 2.24) is 19.0 Å². The number of carbonyl (C=O) groups is 1. The van der Waals surface area contributed by atoms with Crippen LogP contribution in [0.25, 0.3) is 0 Å². The maximum atomic E-state index is 13.0. The molecule has 0 N–H and O–H groups in total. The number of piperazine rings is 1. The van der Waals surface area contributed by atoms with Crippen LogP contribution in [0, 0.1) is 6.92 Å². The summed E-state index contributed by atoms with van der Waals surface area (Å²) in [5, 5.41) is 4.83. The van der Waals surface area contributed by atoms with E-state index in [1.807, 2.05) is 10.7 Å². The van der Waals surface area contributed by atoms with Crippen molar-refractivity contribution in [2.75, 3.05) is 26.2 Å². The zero-order valence-electron chi connectivity index (χ0n) is 15.8. The Morgan fingerprint density at radius 1 is 1.07 bits per heavy atom. The van der Waals surface area contributed by atoms with Crippen LogP contribution in [0.15, 0.2) is 29.2 Å². The number of sulfonamides is 1. The fourth-order valence-electron chi connectivity index (χ4n) is 3.81. The smallest absolute Gasteiger partial charge is 0.274 e. The van der Waals surface area contributed by atoms with Crippen molar-refractivity contribution in [2.45, 2.75) is 37.6 Å². The maximum Gasteiger partial charge on any atom is 0.274 e. The van der Waals surface area contributed by atoms with Crippen LogP contribution in [0.4, 0.5) is 0 Å². The van der Waals surface area contributed by atoms with Gasteiger partial charge in [-0.15, -0.1) is 0 Å². The average molecular weight is 423 g/mol.